The van der Waals surface area contributed by atoms with Crippen LogP contribution in [0, 0.1) is 0 Å². The first-order valence-electron chi connectivity index (χ1n) is 9.47. The fourth-order valence-electron chi connectivity index (χ4n) is 3.51. The van der Waals surface area contributed by atoms with Gasteiger partial charge in [-0.1, -0.05) is 42.5 Å². The second-order valence-corrected chi connectivity index (χ2v) is 8.08. The van der Waals surface area contributed by atoms with Gasteiger partial charge in [0.25, 0.3) is 0 Å². The first-order chi connectivity index (χ1) is 12.8. The molecule has 27 heavy (non-hydrogen) atoms. The van der Waals surface area contributed by atoms with E-state index in [1.54, 1.807) is 12.1 Å². The molecule has 0 amide bonds. The zero-order valence-corrected chi connectivity index (χ0v) is 16.2. The van der Waals surface area contributed by atoms with Crippen LogP contribution in [0.4, 0.5) is 0 Å². The average molecular weight is 365 g/mol. The molecule has 1 fully saturated rings. The van der Waals surface area contributed by atoms with Crippen molar-refractivity contribution in [3.63, 3.8) is 0 Å². The lowest BCUT2D eigenvalue weighted by Gasteiger charge is -2.20. The second-order valence-electron chi connectivity index (χ2n) is 8.08. The third kappa shape index (κ3) is 5.04. The minimum atomic E-state index is -0.522. The van der Waals surface area contributed by atoms with Crippen molar-refractivity contribution in [2.24, 2.45) is 0 Å². The van der Waals surface area contributed by atoms with Crippen LogP contribution in [0.2, 0.25) is 0 Å². The summed E-state index contributed by atoms with van der Waals surface area (Å²) >= 11 is 0. The van der Waals surface area contributed by atoms with Gasteiger partial charge in [-0.15, -0.1) is 0 Å². The number of rotatable bonds is 5. The molecule has 142 valence electrons. The van der Waals surface area contributed by atoms with E-state index in [4.69, 9.17) is 4.74 Å². The summed E-state index contributed by atoms with van der Waals surface area (Å²) in [7, 11) is 0. The normalized spacial score (nSPS) is 19.7. The lowest BCUT2D eigenvalue weighted by Crippen LogP contribution is -2.35. The van der Waals surface area contributed by atoms with Crippen LogP contribution in [-0.4, -0.2) is 29.9 Å². The summed E-state index contributed by atoms with van der Waals surface area (Å²) in [6, 6.07) is 17.2. The van der Waals surface area contributed by atoms with E-state index in [2.05, 4.69) is 17.4 Å². The molecule has 0 bridgehead atoms. The molecule has 0 saturated carbocycles. The Hall–Kier alpha value is -2.46. The Balaban J connectivity index is 1.65. The van der Waals surface area contributed by atoms with Gasteiger partial charge in [0.1, 0.15) is 5.60 Å². The number of benzene rings is 2. The smallest absolute Gasteiger partial charge is 0.338 e. The summed E-state index contributed by atoms with van der Waals surface area (Å²) in [6.07, 6.45) is 1.33. The number of hydrogen-bond acceptors (Lipinski definition) is 4. The van der Waals surface area contributed by atoms with Crippen LogP contribution in [-0.2, 0) is 16.0 Å². The molecule has 2 aromatic rings. The molecule has 1 heterocycles. The van der Waals surface area contributed by atoms with Crippen molar-refractivity contribution >= 4 is 11.8 Å². The van der Waals surface area contributed by atoms with Crippen LogP contribution >= 0.6 is 0 Å². The first-order valence-corrected chi connectivity index (χ1v) is 9.47. The fourth-order valence-corrected chi connectivity index (χ4v) is 3.51. The SMILES string of the molecule is CC(C)(C)OC(=O)c1ccc(CC(=O)[C@H]2NCC[C@H]2c2ccccc2)cc1. The molecular weight excluding hydrogens is 338 g/mol. The van der Waals surface area contributed by atoms with Gasteiger partial charge in [0.2, 0.25) is 0 Å². The van der Waals surface area contributed by atoms with Crippen molar-refractivity contribution in [2.75, 3.05) is 6.54 Å². The van der Waals surface area contributed by atoms with E-state index in [0.717, 1.165) is 18.5 Å². The topological polar surface area (TPSA) is 55.4 Å². The number of carbonyl (C=O) groups is 2. The van der Waals surface area contributed by atoms with Crippen molar-refractivity contribution in [3.05, 3.63) is 71.3 Å². The Morgan fingerprint density at radius 3 is 2.33 bits per heavy atom. The molecule has 0 radical (unpaired) electrons. The molecule has 1 saturated heterocycles. The third-order valence-electron chi connectivity index (χ3n) is 4.76. The van der Waals surface area contributed by atoms with E-state index >= 15 is 0 Å². The number of nitrogens with one attached hydrogen (secondary N) is 1. The standard InChI is InChI=1S/C23H27NO3/c1-23(2,3)27-22(26)18-11-9-16(10-12-18)15-20(25)21-19(13-14-24-21)17-7-5-4-6-8-17/h4-12,19,21,24H,13-15H2,1-3H3/t19-,21-/m0/s1. The van der Waals surface area contributed by atoms with E-state index < -0.39 is 5.60 Å². The molecular formula is C23H27NO3. The largest absolute Gasteiger partial charge is 0.456 e. The molecule has 2 aromatic carbocycles. The Morgan fingerprint density at radius 2 is 1.70 bits per heavy atom. The van der Waals surface area contributed by atoms with E-state index in [-0.39, 0.29) is 23.7 Å². The summed E-state index contributed by atoms with van der Waals surface area (Å²) in [6.45, 7) is 6.38. The zero-order chi connectivity index (χ0) is 19.4. The van der Waals surface area contributed by atoms with E-state index in [1.807, 2.05) is 51.1 Å². The summed E-state index contributed by atoms with van der Waals surface area (Å²) < 4.78 is 5.37. The van der Waals surface area contributed by atoms with Gasteiger partial charge < -0.3 is 10.1 Å². The monoisotopic (exact) mass is 365 g/mol. The van der Waals surface area contributed by atoms with Gasteiger partial charge in [0.15, 0.2) is 5.78 Å². The van der Waals surface area contributed by atoms with Crippen molar-refractivity contribution in [3.8, 4) is 0 Å². The average Bonchev–Trinajstić information content (AvgIpc) is 3.11. The van der Waals surface area contributed by atoms with Crippen LogP contribution in [0.25, 0.3) is 0 Å². The van der Waals surface area contributed by atoms with Crippen LogP contribution in [0.3, 0.4) is 0 Å². The molecule has 0 aromatic heterocycles. The molecule has 1 aliphatic rings. The minimum Gasteiger partial charge on any atom is -0.456 e. The molecule has 1 N–H and O–H groups in total. The third-order valence-corrected chi connectivity index (χ3v) is 4.76. The van der Waals surface area contributed by atoms with Gasteiger partial charge in [-0.3, -0.25) is 4.79 Å². The van der Waals surface area contributed by atoms with Crippen LogP contribution in [0.5, 0.6) is 0 Å². The van der Waals surface area contributed by atoms with Crippen molar-refractivity contribution < 1.29 is 14.3 Å². The first kappa shape index (κ1) is 19.3. The van der Waals surface area contributed by atoms with Gasteiger partial charge in [0.05, 0.1) is 11.6 Å². The van der Waals surface area contributed by atoms with E-state index in [9.17, 15) is 9.59 Å². The van der Waals surface area contributed by atoms with Gasteiger partial charge in [0, 0.05) is 12.3 Å². The maximum Gasteiger partial charge on any atom is 0.338 e. The van der Waals surface area contributed by atoms with Crippen molar-refractivity contribution in [2.45, 2.75) is 51.2 Å². The van der Waals surface area contributed by atoms with Crippen LogP contribution in [0.1, 0.15) is 54.6 Å². The predicted octanol–water partition coefficient (Wildman–Crippen LogP) is 3.90. The Bertz CT molecular complexity index is 791. The lowest BCUT2D eigenvalue weighted by molar-refractivity contribution is -0.120. The highest BCUT2D eigenvalue weighted by Gasteiger charge is 2.33. The van der Waals surface area contributed by atoms with E-state index in [0.29, 0.717) is 12.0 Å². The molecule has 0 unspecified atom stereocenters. The summed E-state index contributed by atoms with van der Waals surface area (Å²) in [4.78, 5) is 25.0. The van der Waals surface area contributed by atoms with Gasteiger partial charge in [-0.25, -0.2) is 4.79 Å². The fraction of sp³-hybridized carbons (Fsp3) is 0.391. The highest BCUT2D eigenvalue weighted by atomic mass is 16.6. The summed E-state index contributed by atoms with van der Waals surface area (Å²) in [5.41, 5.74) is 2.10. The number of ketones is 1. The Kier molecular flexibility index (Phi) is 5.76. The van der Waals surface area contributed by atoms with Crippen LogP contribution < -0.4 is 5.32 Å². The minimum absolute atomic E-state index is 0.155. The van der Waals surface area contributed by atoms with Crippen LogP contribution in [0.15, 0.2) is 54.6 Å². The second kappa shape index (κ2) is 8.05. The maximum atomic E-state index is 12.9. The molecule has 0 spiro atoms. The quantitative estimate of drug-likeness (QED) is 0.817. The van der Waals surface area contributed by atoms with Gasteiger partial charge in [-0.2, -0.15) is 0 Å². The molecule has 0 aliphatic carbocycles. The molecule has 3 rings (SSSR count). The summed E-state index contributed by atoms with van der Waals surface area (Å²) in [5, 5.41) is 3.36. The number of carbonyl (C=O) groups excluding carboxylic acids is 2. The predicted molar refractivity (Wildman–Crippen MR) is 106 cm³/mol. The Labute approximate surface area is 160 Å². The number of Topliss-reactive ketones (excluding diaryl/α,β-unsaturated/α-hetero) is 1. The highest BCUT2D eigenvalue weighted by molar-refractivity contribution is 5.90. The number of hydrogen-bond donors (Lipinski definition) is 1. The number of ether oxygens (including phenoxy) is 1. The molecule has 2 atom stereocenters. The lowest BCUT2D eigenvalue weighted by atomic mass is 9.88. The Morgan fingerprint density at radius 1 is 1.04 bits per heavy atom. The highest BCUT2D eigenvalue weighted by Crippen LogP contribution is 2.28. The zero-order valence-electron chi connectivity index (χ0n) is 16.2. The number of esters is 1. The van der Waals surface area contributed by atoms with E-state index in [1.165, 1.54) is 5.56 Å². The molecule has 4 heteroatoms. The summed E-state index contributed by atoms with van der Waals surface area (Å²) in [5.74, 6) is 0.0630. The van der Waals surface area contributed by atoms with Gasteiger partial charge in [-0.05, 0) is 57.0 Å². The molecule has 1 aliphatic heterocycles. The van der Waals surface area contributed by atoms with Crippen molar-refractivity contribution in [1.29, 1.82) is 0 Å². The maximum absolute atomic E-state index is 12.9. The van der Waals surface area contributed by atoms with Crippen molar-refractivity contribution in [1.82, 2.24) is 5.32 Å². The van der Waals surface area contributed by atoms with Gasteiger partial charge >= 0.3 is 5.97 Å². The molecule has 4 nitrogen and oxygen atoms in total.